The van der Waals surface area contributed by atoms with Gasteiger partial charge in [-0.15, -0.1) is 0 Å². The number of guanidine groups is 1. The summed E-state index contributed by atoms with van der Waals surface area (Å²) >= 11 is 0. The van der Waals surface area contributed by atoms with Gasteiger partial charge in [0, 0.05) is 31.4 Å². The van der Waals surface area contributed by atoms with Gasteiger partial charge in [0.15, 0.2) is 5.96 Å². The van der Waals surface area contributed by atoms with Crippen LogP contribution < -0.4 is 15.4 Å². The molecule has 1 rings (SSSR count). The van der Waals surface area contributed by atoms with Crippen LogP contribution in [0.5, 0.6) is 5.88 Å². The van der Waals surface area contributed by atoms with Crippen LogP contribution >= 0.6 is 0 Å². The van der Waals surface area contributed by atoms with E-state index in [1.807, 2.05) is 12.1 Å². The SMILES string of the molecule is CCCCOc1ncccc1CNC(=NC)NC(C)C(C)C. The molecule has 22 heavy (non-hydrogen) atoms. The van der Waals surface area contributed by atoms with Crippen molar-refractivity contribution in [3.8, 4) is 5.88 Å². The van der Waals surface area contributed by atoms with E-state index in [1.54, 1.807) is 13.2 Å². The van der Waals surface area contributed by atoms with Crippen LogP contribution in [0.25, 0.3) is 0 Å². The fourth-order valence-electron chi connectivity index (χ4n) is 1.76. The van der Waals surface area contributed by atoms with E-state index in [2.05, 4.69) is 48.3 Å². The van der Waals surface area contributed by atoms with Crippen molar-refractivity contribution in [2.24, 2.45) is 10.9 Å². The number of ether oxygens (including phenoxy) is 1. The number of nitrogens with one attached hydrogen (secondary N) is 2. The first-order valence-corrected chi connectivity index (χ1v) is 8.12. The second-order valence-electron chi connectivity index (χ2n) is 5.77. The predicted molar refractivity (Wildman–Crippen MR) is 92.3 cm³/mol. The standard InChI is InChI=1S/C17H30N4O/c1-6-7-11-22-16-15(9-8-10-19-16)12-20-17(18-5)21-14(4)13(2)3/h8-10,13-14H,6-7,11-12H2,1-5H3,(H2,18,20,21). The summed E-state index contributed by atoms with van der Waals surface area (Å²) in [5.41, 5.74) is 1.04. The van der Waals surface area contributed by atoms with E-state index >= 15 is 0 Å². The Bertz CT molecular complexity index is 460. The average Bonchev–Trinajstić information content (AvgIpc) is 2.52. The van der Waals surface area contributed by atoms with Gasteiger partial charge in [0.1, 0.15) is 0 Å². The zero-order valence-electron chi connectivity index (χ0n) is 14.5. The van der Waals surface area contributed by atoms with Crippen molar-refractivity contribution in [1.29, 1.82) is 0 Å². The van der Waals surface area contributed by atoms with Gasteiger partial charge in [-0.25, -0.2) is 4.98 Å². The molecule has 1 aromatic heterocycles. The van der Waals surface area contributed by atoms with Crippen molar-refractivity contribution in [3.63, 3.8) is 0 Å². The first-order chi connectivity index (χ1) is 10.6. The Morgan fingerprint density at radius 3 is 2.77 bits per heavy atom. The second-order valence-corrected chi connectivity index (χ2v) is 5.77. The highest BCUT2D eigenvalue weighted by atomic mass is 16.5. The molecule has 0 amide bonds. The Kier molecular flexibility index (Phi) is 8.33. The molecular weight excluding hydrogens is 276 g/mol. The van der Waals surface area contributed by atoms with Crippen molar-refractivity contribution in [2.45, 2.75) is 53.1 Å². The van der Waals surface area contributed by atoms with E-state index in [4.69, 9.17) is 4.74 Å². The molecule has 124 valence electrons. The van der Waals surface area contributed by atoms with Gasteiger partial charge in [-0.1, -0.05) is 33.3 Å². The summed E-state index contributed by atoms with van der Waals surface area (Å²) in [4.78, 5) is 8.58. The molecule has 5 heteroatoms. The van der Waals surface area contributed by atoms with Crippen molar-refractivity contribution < 1.29 is 4.74 Å². The lowest BCUT2D eigenvalue weighted by Crippen LogP contribution is -2.43. The molecule has 0 aliphatic carbocycles. The third kappa shape index (κ3) is 6.33. The Labute approximate surface area is 134 Å². The molecule has 1 unspecified atom stereocenters. The maximum Gasteiger partial charge on any atom is 0.218 e. The Morgan fingerprint density at radius 2 is 2.14 bits per heavy atom. The van der Waals surface area contributed by atoms with Gasteiger partial charge in [-0.3, -0.25) is 4.99 Å². The molecule has 0 spiro atoms. The Morgan fingerprint density at radius 1 is 1.36 bits per heavy atom. The normalized spacial score (nSPS) is 13.1. The first kappa shape index (κ1) is 18.3. The van der Waals surface area contributed by atoms with Crippen LogP contribution in [0.15, 0.2) is 23.3 Å². The van der Waals surface area contributed by atoms with Gasteiger partial charge in [0.05, 0.1) is 6.61 Å². The number of hydrogen-bond donors (Lipinski definition) is 2. The maximum atomic E-state index is 5.75. The lowest BCUT2D eigenvalue weighted by Gasteiger charge is -2.21. The summed E-state index contributed by atoms with van der Waals surface area (Å²) in [6.07, 6.45) is 3.92. The zero-order valence-corrected chi connectivity index (χ0v) is 14.5. The minimum atomic E-state index is 0.361. The Hall–Kier alpha value is -1.78. The van der Waals surface area contributed by atoms with Crippen LogP contribution in [0.1, 0.15) is 46.1 Å². The molecule has 2 N–H and O–H groups in total. The smallest absolute Gasteiger partial charge is 0.218 e. The van der Waals surface area contributed by atoms with Crippen LogP contribution in [-0.2, 0) is 6.54 Å². The molecule has 0 aliphatic rings. The molecule has 0 aromatic carbocycles. The van der Waals surface area contributed by atoms with Gasteiger partial charge in [0.25, 0.3) is 0 Å². The molecule has 0 saturated carbocycles. The monoisotopic (exact) mass is 306 g/mol. The van der Waals surface area contributed by atoms with Crippen LogP contribution in [0.3, 0.4) is 0 Å². The van der Waals surface area contributed by atoms with Crippen LogP contribution in [0.2, 0.25) is 0 Å². The quantitative estimate of drug-likeness (QED) is 0.440. The average molecular weight is 306 g/mol. The predicted octanol–water partition coefficient (Wildman–Crippen LogP) is 2.97. The molecule has 0 bridgehead atoms. The van der Waals surface area contributed by atoms with E-state index in [1.165, 1.54) is 0 Å². The number of pyridine rings is 1. The lowest BCUT2D eigenvalue weighted by atomic mass is 10.1. The summed E-state index contributed by atoms with van der Waals surface area (Å²) in [6, 6.07) is 4.32. The van der Waals surface area contributed by atoms with E-state index in [0.717, 1.165) is 24.4 Å². The maximum absolute atomic E-state index is 5.75. The van der Waals surface area contributed by atoms with Gasteiger partial charge in [-0.2, -0.15) is 0 Å². The van der Waals surface area contributed by atoms with Crippen LogP contribution in [0, 0.1) is 5.92 Å². The number of aromatic nitrogens is 1. The topological polar surface area (TPSA) is 58.5 Å². The van der Waals surface area contributed by atoms with Crippen molar-refractivity contribution in [2.75, 3.05) is 13.7 Å². The minimum absolute atomic E-state index is 0.361. The van der Waals surface area contributed by atoms with E-state index in [9.17, 15) is 0 Å². The highest BCUT2D eigenvalue weighted by molar-refractivity contribution is 5.79. The van der Waals surface area contributed by atoms with Gasteiger partial charge < -0.3 is 15.4 Å². The first-order valence-electron chi connectivity index (χ1n) is 8.12. The lowest BCUT2D eigenvalue weighted by molar-refractivity contribution is 0.294. The minimum Gasteiger partial charge on any atom is -0.477 e. The zero-order chi connectivity index (χ0) is 16.4. The van der Waals surface area contributed by atoms with Crippen molar-refractivity contribution in [1.82, 2.24) is 15.6 Å². The summed E-state index contributed by atoms with van der Waals surface area (Å²) in [7, 11) is 1.78. The van der Waals surface area contributed by atoms with E-state index in [0.29, 0.717) is 31.0 Å². The Balaban J connectivity index is 2.59. The molecule has 0 fully saturated rings. The van der Waals surface area contributed by atoms with Crippen LogP contribution in [-0.4, -0.2) is 30.6 Å². The fourth-order valence-corrected chi connectivity index (χ4v) is 1.76. The summed E-state index contributed by atoms with van der Waals surface area (Å²) in [5.74, 6) is 2.05. The van der Waals surface area contributed by atoms with E-state index in [-0.39, 0.29) is 0 Å². The molecule has 1 atom stereocenters. The second kappa shape index (κ2) is 10.0. The number of nitrogens with zero attached hydrogens (tertiary/aromatic N) is 2. The number of unbranched alkanes of at least 4 members (excludes halogenated alkanes) is 1. The van der Waals surface area contributed by atoms with Gasteiger partial charge in [0.2, 0.25) is 5.88 Å². The summed E-state index contributed by atoms with van der Waals surface area (Å²) in [5, 5.41) is 6.71. The summed E-state index contributed by atoms with van der Waals surface area (Å²) in [6.45, 7) is 10.0. The highest BCUT2D eigenvalue weighted by Crippen LogP contribution is 2.14. The van der Waals surface area contributed by atoms with E-state index < -0.39 is 0 Å². The van der Waals surface area contributed by atoms with Crippen LogP contribution in [0.4, 0.5) is 0 Å². The highest BCUT2D eigenvalue weighted by Gasteiger charge is 2.10. The molecular formula is C17H30N4O. The van der Waals surface area contributed by atoms with Crippen molar-refractivity contribution in [3.05, 3.63) is 23.9 Å². The molecule has 0 aliphatic heterocycles. The fraction of sp³-hybridized carbons (Fsp3) is 0.647. The molecule has 1 aromatic rings. The molecule has 5 nitrogen and oxygen atoms in total. The largest absolute Gasteiger partial charge is 0.477 e. The molecule has 0 radical (unpaired) electrons. The van der Waals surface area contributed by atoms with Crippen molar-refractivity contribution >= 4 is 5.96 Å². The third-order valence-corrected chi connectivity index (χ3v) is 3.62. The third-order valence-electron chi connectivity index (χ3n) is 3.62. The summed E-state index contributed by atoms with van der Waals surface area (Å²) < 4.78 is 5.75. The van der Waals surface area contributed by atoms with Gasteiger partial charge >= 0.3 is 0 Å². The number of aliphatic imine (C=N–C) groups is 1. The number of rotatable bonds is 8. The number of hydrogen-bond acceptors (Lipinski definition) is 3. The molecule has 0 saturated heterocycles. The molecule has 1 heterocycles. The van der Waals surface area contributed by atoms with Gasteiger partial charge in [-0.05, 0) is 25.3 Å².